The van der Waals surface area contributed by atoms with E-state index in [2.05, 4.69) is 10.4 Å². The van der Waals surface area contributed by atoms with Gasteiger partial charge in [0.25, 0.3) is 5.91 Å². The smallest absolute Gasteiger partial charge is 0.356 e. The Morgan fingerprint density at radius 1 is 1.38 bits per heavy atom. The quantitative estimate of drug-likeness (QED) is 0.842. The van der Waals surface area contributed by atoms with Gasteiger partial charge in [-0.25, -0.2) is 9.48 Å². The van der Waals surface area contributed by atoms with Gasteiger partial charge in [-0.15, -0.1) is 0 Å². The number of carbonyl (C=O) groups excluding carboxylic acids is 1. The third-order valence-electron chi connectivity index (χ3n) is 4.40. The normalized spacial score (nSPS) is 15.5. The van der Waals surface area contributed by atoms with Crippen LogP contribution in [0.25, 0.3) is 5.69 Å². The first-order valence-corrected chi connectivity index (χ1v) is 7.76. The van der Waals surface area contributed by atoms with Crippen LogP contribution in [0, 0.1) is 0 Å². The summed E-state index contributed by atoms with van der Waals surface area (Å²) in [5.74, 6) is -1.16. The molecule has 1 fully saturated rings. The molecular formula is C17H19N3O4. The molecule has 1 aromatic heterocycles. The number of hydrogen-bond donors (Lipinski definition) is 2. The van der Waals surface area contributed by atoms with E-state index in [4.69, 9.17) is 9.84 Å². The average Bonchev–Trinajstić information content (AvgIpc) is 3.03. The third-order valence-corrected chi connectivity index (χ3v) is 4.40. The number of aromatic carboxylic acids is 1. The third kappa shape index (κ3) is 3.03. The summed E-state index contributed by atoms with van der Waals surface area (Å²) in [6, 6.07) is 8.86. The largest absolute Gasteiger partial charge is 0.476 e. The SMILES string of the molecule is COC1(C(=O)NCc2cccc(-n3ccc(C(=O)O)n3)c2)CCC1. The van der Waals surface area contributed by atoms with Crippen LogP contribution < -0.4 is 5.32 Å². The standard InChI is InChI=1S/C17H19N3O4/c1-24-17(7-3-8-17)16(23)18-11-12-4-2-5-13(10-12)20-9-6-14(19-20)15(21)22/h2,4-6,9-10H,3,7-8,11H2,1H3,(H,18,23)(H,21,22). The highest BCUT2D eigenvalue weighted by Crippen LogP contribution is 2.35. The number of hydrogen-bond acceptors (Lipinski definition) is 4. The van der Waals surface area contributed by atoms with Crippen molar-refractivity contribution < 1.29 is 19.4 Å². The van der Waals surface area contributed by atoms with Crippen molar-refractivity contribution in [2.45, 2.75) is 31.4 Å². The molecule has 1 aromatic carbocycles. The summed E-state index contributed by atoms with van der Waals surface area (Å²) in [5.41, 5.74) is 0.953. The maximum absolute atomic E-state index is 12.3. The number of carboxylic acids is 1. The Labute approximate surface area is 139 Å². The van der Waals surface area contributed by atoms with Gasteiger partial charge in [-0.3, -0.25) is 4.79 Å². The van der Waals surface area contributed by atoms with Gasteiger partial charge >= 0.3 is 5.97 Å². The van der Waals surface area contributed by atoms with Crippen LogP contribution in [0.1, 0.15) is 35.3 Å². The fourth-order valence-electron chi connectivity index (χ4n) is 2.76. The summed E-state index contributed by atoms with van der Waals surface area (Å²) >= 11 is 0. The number of methoxy groups -OCH3 is 1. The van der Waals surface area contributed by atoms with Crippen LogP contribution in [0.2, 0.25) is 0 Å². The van der Waals surface area contributed by atoms with E-state index in [-0.39, 0.29) is 11.6 Å². The first-order valence-electron chi connectivity index (χ1n) is 7.76. The minimum atomic E-state index is -1.07. The highest BCUT2D eigenvalue weighted by molar-refractivity contribution is 5.86. The van der Waals surface area contributed by atoms with Crippen molar-refractivity contribution in [3.8, 4) is 5.69 Å². The number of rotatable bonds is 6. The molecule has 1 aliphatic carbocycles. The Balaban J connectivity index is 1.69. The molecule has 2 aromatic rings. The zero-order valence-corrected chi connectivity index (χ0v) is 13.4. The Bertz CT molecular complexity index is 759. The van der Waals surface area contributed by atoms with E-state index in [0.717, 1.165) is 30.5 Å². The maximum Gasteiger partial charge on any atom is 0.356 e. The molecule has 0 spiro atoms. The van der Waals surface area contributed by atoms with E-state index in [1.54, 1.807) is 13.3 Å². The number of aromatic nitrogens is 2. The number of carboxylic acid groups (broad SMARTS) is 1. The second kappa shape index (κ2) is 6.45. The van der Waals surface area contributed by atoms with Crippen molar-refractivity contribution in [1.29, 1.82) is 0 Å². The number of carbonyl (C=O) groups is 2. The van der Waals surface area contributed by atoms with E-state index < -0.39 is 11.6 Å². The highest BCUT2D eigenvalue weighted by atomic mass is 16.5. The Kier molecular flexibility index (Phi) is 4.35. The predicted octanol–water partition coefficient (Wildman–Crippen LogP) is 1.76. The summed E-state index contributed by atoms with van der Waals surface area (Å²) in [6.45, 7) is 0.380. The van der Waals surface area contributed by atoms with Gasteiger partial charge in [0.2, 0.25) is 0 Å². The lowest BCUT2D eigenvalue weighted by molar-refractivity contribution is -0.154. The van der Waals surface area contributed by atoms with Crippen molar-refractivity contribution in [2.75, 3.05) is 7.11 Å². The van der Waals surface area contributed by atoms with E-state index >= 15 is 0 Å². The predicted molar refractivity (Wildman–Crippen MR) is 86.0 cm³/mol. The van der Waals surface area contributed by atoms with E-state index in [1.165, 1.54) is 10.7 Å². The van der Waals surface area contributed by atoms with Gasteiger partial charge in [-0.05, 0) is 43.0 Å². The van der Waals surface area contributed by atoms with E-state index in [9.17, 15) is 9.59 Å². The second-order valence-electron chi connectivity index (χ2n) is 5.86. The molecule has 0 aliphatic heterocycles. The monoisotopic (exact) mass is 329 g/mol. The molecule has 0 radical (unpaired) electrons. The minimum absolute atomic E-state index is 0.0132. The van der Waals surface area contributed by atoms with Crippen LogP contribution in [0.15, 0.2) is 36.5 Å². The zero-order chi connectivity index (χ0) is 17.2. The van der Waals surface area contributed by atoms with Gasteiger partial charge < -0.3 is 15.2 Å². The van der Waals surface area contributed by atoms with Crippen molar-refractivity contribution in [3.05, 3.63) is 47.8 Å². The van der Waals surface area contributed by atoms with Crippen LogP contribution in [-0.4, -0.2) is 39.5 Å². The molecule has 1 amide bonds. The fourth-order valence-corrected chi connectivity index (χ4v) is 2.76. The first-order chi connectivity index (χ1) is 11.5. The molecule has 0 bridgehead atoms. The summed E-state index contributed by atoms with van der Waals surface area (Å²) in [6.07, 6.45) is 4.10. The van der Waals surface area contributed by atoms with Crippen LogP contribution in [0.4, 0.5) is 0 Å². The molecule has 1 heterocycles. The van der Waals surface area contributed by atoms with Crippen molar-refractivity contribution in [1.82, 2.24) is 15.1 Å². The Morgan fingerprint density at radius 2 is 2.17 bits per heavy atom. The molecule has 0 saturated heterocycles. The number of benzene rings is 1. The van der Waals surface area contributed by atoms with Gasteiger partial charge in [0.15, 0.2) is 5.69 Å². The van der Waals surface area contributed by atoms with Gasteiger partial charge in [-0.2, -0.15) is 5.10 Å². The summed E-state index contributed by atoms with van der Waals surface area (Å²) in [5, 5.41) is 15.8. The lowest BCUT2D eigenvalue weighted by atomic mass is 9.79. The number of ether oxygens (including phenoxy) is 1. The van der Waals surface area contributed by atoms with E-state index in [0.29, 0.717) is 6.54 Å². The van der Waals surface area contributed by atoms with E-state index in [1.807, 2.05) is 24.3 Å². The minimum Gasteiger partial charge on any atom is -0.476 e. The van der Waals surface area contributed by atoms with Crippen molar-refractivity contribution in [2.24, 2.45) is 0 Å². The average molecular weight is 329 g/mol. The lowest BCUT2D eigenvalue weighted by Crippen LogP contribution is -2.52. The molecule has 126 valence electrons. The molecule has 24 heavy (non-hydrogen) atoms. The maximum atomic E-state index is 12.3. The van der Waals surface area contributed by atoms with Crippen LogP contribution in [0.3, 0.4) is 0 Å². The molecule has 2 N–H and O–H groups in total. The molecule has 3 rings (SSSR count). The van der Waals surface area contributed by atoms with Crippen LogP contribution in [-0.2, 0) is 16.1 Å². The van der Waals surface area contributed by atoms with Crippen LogP contribution >= 0.6 is 0 Å². The summed E-state index contributed by atoms with van der Waals surface area (Å²) in [4.78, 5) is 23.2. The highest BCUT2D eigenvalue weighted by Gasteiger charge is 2.44. The van der Waals surface area contributed by atoms with Gasteiger partial charge in [0.1, 0.15) is 5.60 Å². The zero-order valence-electron chi connectivity index (χ0n) is 13.4. The number of nitrogens with zero attached hydrogens (tertiary/aromatic N) is 2. The van der Waals surface area contributed by atoms with Crippen LogP contribution in [0.5, 0.6) is 0 Å². The van der Waals surface area contributed by atoms with Gasteiger partial charge in [0.05, 0.1) is 5.69 Å². The lowest BCUT2D eigenvalue weighted by Gasteiger charge is -2.38. The second-order valence-corrected chi connectivity index (χ2v) is 5.86. The van der Waals surface area contributed by atoms with Gasteiger partial charge in [0, 0.05) is 19.9 Å². The van der Waals surface area contributed by atoms with Crippen molar-refractivity contribution in [3.63, 3.8) is 0 Å². The molecule has 7 heteroatoms. The summed E-state index contributed by atoms with van der Waals surface area (Å²) in [7, 11) is 1.57. The number of amides is 1. The molecule has 1 saturated carbocycles. The molecule has 0 atom stereocenters. The molecule has 7 nitrogen and oxygen atoms in total. The van der Waals surface area contributed by atoms with Crippen molar-refractivity contribution >= 4 is 11.9 Å². The summed E-state index contributed by atoms with van der Waals surface area (Å²) < 4.78 is 6.86. The number of nitrogens with one attached hydrogen (secondary N) is 1. The molecule has 0 unspecified atom stereocenters. The fraction of sp³-hybridized carbons (Fsp3) is 0.353. The molecule has 1 aliphatic rings. The Morgan fingerprint density at radius 3 is 2.75 bits per heavy atom. The Hall–Kier alpha value is -2.67. The molecular weight excluding hydrogens is 310 g/mol. The first kappa shape index (κ1) is 16.2. The van der Waals surface area contributed by atoms with Gasteiger partial charge in [-0.1, -0.05) is 12.1 Å². The topological polar surface area (TPSA) is 93.5 Å².